The summed E-state index contributed by atoms with van der Waals surface area (Å²) in [5.41, 5.74) is 5.34. The van der Waals surface area contributed by atoms with E-state index in [1.165, 1.54) is 38.5 Å². The number of phosphoric ester groups is 1. The second kappa shape index (κ2) is 39.4. The number of allylic oxidation sites excluding steroid dienone is 14. The van der Waals surface area contributed by atoms with E-state index in [1.807, 2.05) is 6.08 Å². The minimum Gasteiger partial charge on any atom is -0.480 e. The molecule has 0 fully saturated rings. The Balaban J connectivity index is 4.42. The molecule has 0 saturated carbocycles. The highest BCUT2D eigenvalue weighted by Gasteiger charge is 2.27. The van der Waals surface area contributed by atoms with Crippen LogP contribution in [0.3, 0.4) is 0 Å². The number of esters is 1. The van der Waals surface area contributed by atoms with Crippen molar-refractivity contribution < 1.29 is 42.7 Å². The van der Waals surface area contributed by atoms with Crippen LogP contribution in [0.2, 0.25) is 0 Å². The number of carbonyl (C=O) groups excluding carboxylic acids is 1. The number of carboxylic acid groups (broad SMARTS) is 1. The van der Waals surface area contributed by atoms with Crippen molar-refractivity contribution in [3.05, 3.63) is 85.1 Å². The number of aliphatic carboxylic acids is 1. The van der Waals surface area contributed by atoms with Gasteiger partial charge in [0.05, 0.1) is 19.8 Å². The fraction of sp³-hybridized carbons (Fsp3) is 0.636. The summed E-state index contributed by atoms with van der Waals surface area (Å²) in [6.07, 6.45) is 49.3. The number of phosphoric acid groups is 1. The maximum atomic E-state index is 12.6. The summed E-state index contributed by atoms with van der Waals surface area (Å²) >= 11 is 0. The fourth-order valence-corrected chi connectivity index (χ4v) is 5.74. The third-order valence-corrected chi connectivity index (χ3v) is 9.11. The van der Waals surface area contributed by atoms with Gasteiger partial charge in [-0.05, 0) is 83.5 Å². The summed E-state index contributed by atoms with van der Waals surface area (Å²) in [6, 6.07) is -1.49. The molecule has 0 radical (unpaired) electrons. The molecule has 0 aromatic heterocycles. The monoisotopic (exact) mass is 792 g/mol. The molecule has 10 nitrogen and oxygen atoms in total. The first kappa shape index (κ1) is 52.2. The van der Waals surface area contributed by atoms with Crippen LogP contribution in [-0.2, 0) is 32.7 Å². The molecule has 0 amide bonds. The number of hydrogen-bond acceptors (Lipinski definition) is 8. The number of carboxylic acids is 1. The Morgan fingerprint density at radius 1 is 0.600 bits per heavy atom. The molecule has 0 aliphatic carbocycles. The van der Waals surface area contributed by atoms with E-state index in [1.54, 1.807) is 0 Å². The topological polar surface area (TPSA) is 155 Å². The summed E-state index contributed by atoms with van der Waals surface area (Å²) in [6.45, 7) is 3.62. The predicted molar refractivity (Wildman–Crippen MR) is 226 cm³/mol. The highest BCUT2D eigenvalue weighted by Crippen LogP contribution is 2.43. The minimum absolute atomic E-state index is 0.0184. The Kier molecular flexibility index (Phi) is 37.3. The van der Waals surface area contributed by atoms with E-state index in [0.717, 1.165) is 70.6 Å². The maximum absolute atomic E-state index is 12.6. The molecule has 3 unspecified atom stereocenters. The smallest absolute Gasteiger partial charge is 0.472 e. The van der Waals surface area contributed by atoms with Crippen LogP contribution in [-0.4, -0.2) is 60.5 Å². The zero-order valence-corrected chi connectivity index (χ0v) is 34.9. The molecule has 0 aromatic carbocycles. The van der Waals surface area contributed by atoms with Crippen molar-refractivity contribution in [2.24, 2.45) is 5.73 Å². The molecular formula is C44H74NO9P. The molecule has 0 saturated heterocycles. The van der Waals surface area contributed by atoms with Gasteiger partial charge in [0.1, 0.15) is 12.1 Å². The summed E-state index contributed by atoms with van der Waals surface area (Å²) in [4.78, 5) is 33.5. The van der Waals surface area contributed by atoms with Gasteiger partial charge in [-0.15, -0.1) is 0 Å². The van der Waals surface area contributed by atoms with Gasteiger partial charge in [-0.2, -0.15) is 0 Å². The van der Waals surface area contributed by atoms with Gasteiger partial charge in [0.25, 0.3) is 0 Å². The van der Waals surface area contributed by atoms with Gasteiger partial charge in [0.2, 0.25) is 0 Å². The Hall–Kier alpha value is -2.85. The van der Waals surface area contributed by atoms with Gasteiger partial charge in [0, 0.05) is 13.0 Å². The molecule has 0 aromatic rings. The number of unbranched alkanes of at least 4 members (excludes halogenated alkanes) is 10. The molecule has 55 heavy (non-hydrogen) atoms. The SMILES string of the molecule is CC/C=C\C/C=C\C/C=C\C/C=C\C/C=C\CCCC(=O)OC(COCCCCCCCC/C=C\C/C=C\CCCCC)COP(=O)(O)OCC(N)C(=O)O. The first-order valence-corrected chi connectivity index (χ1v) is 22.1. The van der Waals surface area contributed by atoms with Crippen LogP contribution in [0.4, 0.5) is 0 Å². The summed E-state index contributed by atoms with van der Waals surface area (Å²) in [5.74, 6) is -1.85. The van der Waals surface area contributed by atoms with Gasteiger partial charge in [-0.1, -0.05) is 137 Å². The van der Waals surface area contributed by atoms with Crippen molar-refractivity contribution >= 4 is 19.8 Å². The Morgan fingerprint density at radius 3 is 1.58 bits per heavy atom. The van der Waals surface area contributed by atoms with Crippen LogP contribution in [0, 0.1) is 0 Å². The summed E-state index contributed by atoms with van der Waals surface area (Å²) in [5, 5.41) is 8.88. The first-order valence-electron chi connectivity index (χ1n) is 20.6. The van der Waals surface area contributed by atoms with E-state index in [9.17, 15) is 19.0 Å². The van der Waals surface area contributed by atoms with E-state index < -0.39 is 45.1 Å². The lowest BCUT2D eigenvalue weighted by molar-refractivity contribution is -0.154. The second-order valence-electron chi connectivity index (χ2n) is 13.4. The fourth-order valence-electron chi connectivity index (χ4n) is 4.96. The van der Waals surface area contributed by atoms with Gasteiger partial charge >= 0.3 is 19.8 Å². The predicted octanol–water partition coefficient (Wildman–Crippen LogP) is 11.2. The molecule has 4 N–H and O–H groups in total. The number of rotatable bonds is 38. The molecule has 0 aliphatic rings. The van der Waals surface area contributed by atoms with Gasteiger partial charge in [-0.3, -0.25) is 18.6 Å². The molecule has 11 heteroatoms. The molecule has 0 rings (SSSR count). The molecule has 0 bridgehead atoms. The van der Waals surface area contributed by atoms with Crippen LogP contribution in [0.25, 0.3) is 0 Å². The molecular weight excluding hydrogens is 717 g/mol. The van der Waals surface area contributed by atoms with E-state index >= 15 is 0 Å². The number of carbonyl (C=O) groups is 2. The zero-order chi connectivity index (χ0) is 40.5. The molecule has 0 spiro atoms. The van der Waals surface area contributed by atoms with Gasteiger partial charge in [-0.25, -0.2) is 4.57 Å². The summed E-state index contributed by atoms with van der Waals surface area (Å²) in [7, 11) is -4.64. The van der Waals surface area contributed by atoms with Crippen molar-refractivity contribution in [3.8, 4) is 0 Å². The molecule has 314 valence electrons. The number of hydrogen-bond donors (Lipinski definition) is 3. The quantitative estimate of drug-likeness (QED) is 0.0238. The van der Waals surface area contributed by atoms with Crippen LogP contribution < -0.4 is 5.73 Å². The number of ether oxygens (including phenoxy) is 2. The lowest BCUT2D eigenvalue weighted by Crippen LogP contribution is -2.34. The highest BCUT2D eigenvalue weighted by molar-refractivity contribution is 7.47. The van der Waals surface area contributed by atoms with Crippen LogP contribution in [0.1, 0.15) is 142 Å². The average molecular weight is 792 g/mol. The third-order valence-electron chi connectivity index (χ3n) is 8.16. The Labute approximate surface area is 333 Å². The summed E-state index contributed by atoms with van der Waals surface area (Å²) < 4.78 is 33.2. The van der Waals surface area contributed by atoms with E-state index in [4.69, 9.17) is 29.4 Å². The second-order valence-corrected chi connectivity index (χ2v) is 14.8. The highest BCUT2D eigenvalue weighted by atomic mass is 31.2. The third kappa shape index (κ3) is 39.2. The Bertz CT molecular complexity index is 1190. The zero-order valence-electron chi connectivity index (χ0n) is 34.0. The molecule has 0 aliphatic heterocycles. The van der Waals surface area contributed by atoms with Crippen molar-refractivity contribution in [2.45, 2.75) is 154 Å². The molecule has 3 atom stereocenters. The van der Waals surface area contributed by atoms with E-state index in [2.05, 4.69) is 92.8 Å². The standard InChI is InChI=1S/C44H74NO9P/c1-3-5-7-9-11-13-15-17-19-21-22-24-26-28-30-32-34-36-43(46)54-41(39-52-55(49,50)53-40-42(45)44(47)48)38-51-37-35-33-31-29-27-25-23-20-18-16-14-12-10-8-6-4-2/h5,7,11-14,17-20,22,24,28,30,41-42H,3-4,6,8-10,15-16,21,23,25-27,29,31-40,45H2,1-2H3,(H,47,48)(H,49,50)/b7-5-,13-11-,14-12-,19-17-,20-18-,24-22-,30-28-. The normalized spacial score (nSPS) is 14.8. The Morgan fingerprint density at radius 2 is 1.05 bits per heavy atom. The lowest BCUT2D eigenvalue weighted by atomic mass is 10.1. The lowest BCUT2D eigenvalue weighted by Gasteiger charge is -2.20. The van der Waals surface area contributed by atoms with Crippen LogP contribution in [0.15, 0.2) is 85.1 Å². The molecule has 0 heterocycles. The van der Waals surface area contributed by atoms with Crippen molar-refractivity contribution in [1.82, 2.24) is 0 Å². The van der Waals surface area contributed by atoms with Gasteiger partial charge in [0.15, 0.2) is 0 Å². The maximum Gasteiger partial charge on any atom is 0.472 e. The largest absolute Gasteiger partial charge is 0.480 e. The van der Waals surface area contributed by atoms with Crippen LogP contribution in [0.5, 0.6) is 0 Å². The van der Waals surface area contributed by atoms with E-state index in [0.29, 0.717) is 19.4 Å². The minimum atomic E-state index is -4.64. The van der Waals surface area contributed by atoms with Gasteiger partial charge < -0.3 is 25.2 Å². The van der Waals surface area contributed by atoms with Crippen molar-refractivity contribution in [3.63, 3.8) is 0 Å². The average Bonchev–Trinajstić information content (AvgIpc) is 3.16. The first-order chi connectivity index (χ1) is 26.7. The van der Waals surface area contributed by atoms with E-state index in [-0.39, 0.29) is 13.0 Å². The van der Waals surface area contributed by atoms with Crippen molar-refractivity contribution in [1.29, 1.82) is 0 Å². The van der Waals surface area contributed by atoms with Crippen LogP contribution >= 0.6 is 7.82 Å². The van der Waals surface area contributed by atoms with Crippen molar-refractivity contribution in [2.75, 3.05) is 26.4 Å². The number of nitrogens with two attached hydrogens (primary N) is 1.